The molecular weight excluding hydrogens is 180 g/mol. The van der Waals surface area contributed by atoms with Crippen LogP contribution in [0, 0.1) is 5.41 Å². The van der Waals surface area contributed by atoms with Gasteiger partial charge in [-0.05, 0) is 25.3 Å². The van der Waals surface area contributed by atoms with Crippen LogP contribution < -0.4 is 0 Å². The smallest absolute Gasteiger partial charge is 0.309 e. The minimum atomic E-state index is -0.643. The van der Waals surface area contributed by atoms with Gasteiger partial charge in [0.1, 0.15) is 0 Å². The molecule has 0 radical (unpaired) electrons. The zero-order valence-electron chi connectivity index (χ0n) is 8.02. The summed E-state index contributed by atoms with van der Waals surface area (Å²) in [5.41, 5.74) is -0.452. The maximum atomic E-state index is 11.0. The second-order valence-corrected chi connectivity index (χ2v) is 3.96. The van der Waals surface area contributed by atoms with Crippen LogP contribution in [0.4, 0.5) is 0 Å². The van der Waals surface area contributed by atoms with Gasteiger partial charge in [-0.15, -0.1) is 0 Å². The summed E-state index contributed by atoms with van der Waals surface area (Å²) >= 11 is 0. The highest BCUT2D eigenvalue weighted by atomic mass is 16.4. The summed E-state index contributed by atoms with van der Waals surface area (Å²) in [4.78, 5) is 11.0. The molecule has 0 atom stereocenters. The van der Waals surface area contributed by atoms with Crippen LogP contribution in [0.5, 0.6) is 0 Å². The van der Waals surface area contributed by atoms with E-state index in [-0.39, 0.29) is 0 Å². The summed E-state index contributed by atoms with van der Waals surface area (Å²) in [6.07, 6.45) is 6.98. The molecule has 1 aliphatic carbocycles. The van der Waals surface area contributed by atoms with Gasteiger partial charge in [-0.2, -0.15) is 5.10 Å². The normalized spacial score (nSPS) is 18.9. The molecule has 0 saturated heterocycles. The van der Waals surface area contributed by atoms with Crippen molar-refractivity contribution in [2.24, 2.45) is 5.41 Å². The number of carbonyl (C=O) groups is 1. The van der Waals surface area contributed by atoms with Crippen molar-refractivity contribution < 1.29 is 9.90 Å². The molecule has 0 unspecified atom stereocenters. The quantitative estimate of drug-likeness (QED) is 0.790. The third-order valence-electron chi connectivity index (χ3n) is 3.14. The monoisotopic (exact) mass is 194 g/mol. The van der Waals surface area contributed by atoms with Crippen molar-refractivity contribution in [3.05, 3.63) is 18.5 Å². The van der Waals surface area contributed by atoms with Crippen molar-refractivity contribution in [3.8, 4) is 0 Å². The Balaban J connectivity index is 1.93. The maximum Gasteiger partial charge on any atom is 0.309 e. The van der Waals surface area contributed by atoms with Crippen LogP contribution in [-0.2, 0) is 11.3 Å². The van der Waals surface area contributed by atoms with E-state index < -0.39 is 11.4 Å². The van der Waals surface area contributed by atoms with Gasteiger partial charge in [-0.3, -0.25) is 9.48 Å². The van der Waals surface area contributed by atoms with Gasteiger partial charge < -0.3 is 5.11 Å². The van der Waals surface area contributed by atoms with Crippen LogP contribution in [0.25, 0.3) is 0 Å². The third kappa shape index (κ3) is 1.52. The standard InChI is InChI=1S/C10H14N2O2/c13-9(14)10(3-1-4-10)5-8-12-7-2-6-11-12/h2,6-7H,1,3-5,8H2,(H,13,14). The van der Waals surface area contributed by atoms with Crippen LogP contribution in [0.2, 0.25) is 0 Å². The first-order valence-corrected chi connectivity index (χ1v) is 4.94. The first-order chi connectivity index (χ1) is 6.73. The average Bonchev–Trinajstić information content (AvgIpc) is 2.53. The lowest BCUT2D eigenvalue weighted by Gasteiger charge is -2.37. The Morgan fingerprint density at radius 1 is 1.57 bits per heavy atom. The number of aromatic nitrogens is 2. The Morgan fingerprint density at radius 2 is 2.36 bits per heavy atom. The molecule has 0 aliphatic heterocycles. The van der Waals surface area contributed by atoms with Gasteiger partial charge in [0.15, 0.2) is 0 Å². The molecule has 2 rings (SSSR count). The molecule has 76 valence electrons. The number of hydrogen-bond acceptors (Lipinski definition) is 2. The minimum Gasteiger partial charge on any atom is -0.481 e. The van der Waals surface area contributed by atoms with Crippen LogP contribution >= 0.6 is 0 Å². The van der Waals surface area contributed by atoms with E-state index in [2.05, 4.69) is 5.10 Å². The number of carboxylic acids is 1. The lowest BCUT2D eigenvalue weighted by Crippen LogP contribution is -2.38. The van der Waals surface area contributed by atoms with Crippen LogP contribution in [-0.4, -0.2) is 20.9 Å². The van der Waals surface area contributed by atoms with E-state index in [1.165, 1.54) is 0 Å². The number of nitrogens with zero attached hydrogens (tertiary/aromatic N) is 2. The first-order valence-electron chi connectivity index (χ1n) is 4.94. The topological polar surface area (TPSA) is 55.1 Å². The van der Waals surface area contributed by atoms with Crippen LogP contribution in [0.1, 0.15) is 25.7 Å². The Bertz CT molecular complexity index is 315. The largest absolute Gasteiger partial charge is 0.481 e. The second-order valence-electron chi connectivity index (χ2n) is 3.96. The predicted molar refractivity (Wildman–Crippen MR) is 50.8 cm³/mol. The molecule has 0 aromatic carbocycles. The van der Waals surface area contributed by atoms with E-state index in [0.29, 0.717) is 13.0 Å². The van der Waals surface area contributed by atoms with Crippen molar-refractivity contribution in [2.45, 2.75) is 32.2 Å². The van der Waals surface area contributed by atoms with Crippen molar-refractivity contribution in [1.29, 1.82) is 0 Å². The Morgan fingerprint density at radius 3 is 2.79 bits per heavy atom. The molecule has 4 nitrogen and oxygen atoms in total. The molecule has 1 aliphatic rings. The number of carboxylic acid groups (broad SMARTS) is 1. The molecule has 14 heavy (non-hydrogen) atoms. The summed E-state index contributed by atoms with van der Waals surface area (Å²) in [7, 11) is 0. The fourth-order valence-corrected chi connectivity index (χ4v) is 1.94. The van der Waals surface area contributed by atoms with Crippen LogP contribution in [0.15, 0.2) is 18.5 Å². The fourth-order valence-electron chi connectivity index (χ4n) is 1.94. The number of hydrogen-bond donors (Lipinski definition) is 1. The molecule has 0 bridgehead atoms. The van der Waals surface area contributed by atoms with Crippen LogP contribution in [0.3, 0.4) is 0 Å². The maximum absolute atomic E-state index is 11.0. The molecule has 1 N–H and O–H groups in total. The van der Waals surface area contributed by atoms with Gasteiger partial charge in [0, 0.05) is 18.9 Å². The highest BCUT2D eigenvalue weighted by Crippen LogP contribution is 2.44. The number of rotatable bonds is 4. The zero-order valence-corrected chi connectivity index (χ0v) is 8.02. The van der Waals surface area contributed by atoms with E-state index in [4.69, 9.17) is 5.11 Å². The van der Waals surface area contributed by atoms with Crippen molar-refractivity contribution in [2.75, 3.05) is 0 Å². The van der Waals surface area contributed by atoms with Gasteiger partial charge in [-0.1, -0.05) is 6.42 Å². The molecule has 1 aromatic rings. The predicted octanol–water partition coefficient (Wildman–Crippen LogP) is 1.53. The van der Waals surface area contributed by atoms with E-state index in [9.17, 15) is 4.79 Å². The lowest BCUT2D eigenvalue weighted by molar-refractivity contribution is -0.155. The van der Waals surface area contributed by atoms with E-state index >= 15 is 0 Å². The highest BCUT2D eigenvalue weighted by molar-refractivity contribution is 5.75. The lowest BCUT2D eigenvalue weighted by atomic mass is 9.67. The summed E-state index contributed by atoms with van der Waals surface area (Å²) in [6, 6.07) is 1.86. The minimum absolute atomic E-state index is 0.452. The molecular formula is C10H14N2O2. The molecule has 1 fully saturated rings. The third-order valence-corrected chi connectivity index (χ3v) is 3.14. The molecule has 0 amide bonds. The molecule has 0 spiro atoms. The van der Waals surface area contributed by atoms with E-state index in [1.807, 2.05) is 12.3 Å². The summed E-state index contributed by atoms with van der Waals surface area (Å²) in [5, 5.41) is 13.1. The van der Waals surface area contributed by atoms with Gasteiger partial charge in [0.2, 0.25) is 0 Å². The van der Waals surface area contributed by atoms with Gasteiger partial charge in [0.25, 0.3) is 0 Å². The first kappa shape index (κ1) is 9.24. The van der Waals surface area contributed by atoms with E-state index in [0.717, 1.165) is 19.3 Å². The highest BCUT2D eigenvalue weighted by Gasteiger charge is 2.43. The van der Waals surface area contributed by atoms with Gasteiger partial charge in [0.05, 0.1) is 5.41 Å². The number of aliphatic carboxylic acids is 1. The van der Waals surface area contributed by atoms with Crippen molar-refractivity contribution in [1.82, 2.24) is 9.78 Å². The van der Waals surface area contributed by atoms with Gasteiger partial charge in [-0.25, -0.2) is 0 Å². The summed E-state index contributed by atoms with van der Waals surface area (Å²) in [5.74, 6) is -0.643. The molecule has 4 heteroatoms. The SMILES string of the molecule is O=C(O)C1(CCn2cccn2)CCC1. The number of aryl methyl sites for hydroxylation is 1. The van der Waals surface area contributed by atoms with Crippen molar-refractivity contribution >= 4 is 5.97 Å². The molecule has 1 heterocycles. The Kier molecular flexibility index (Phi) is 2.27. The summed E-state index contributed by atoms with van der Waals surface area (Å²) < 4.78 is 1.79. The molecule has 1 aromatic heterocycles. The van der Waals surface area contributed by atoms with Crippen molar-refractivity contribution in [3.63, 3.8) is 0 Å². The Labute approximate surface area is 82.5 Å². The summed E-state index contributed by atoms with van der Waals surface area (Å²) in [6.45, 7) is 0.708. The Hall–Kier alpha value is -1.32. The zero-order chi connectivity index (χ0) is 10.0. The second kappa shape index (κ2) is 3.44. The molecule has 1 saturated carbocycles. The van der Waals surface area contributed by atoms with Gasteiger partial charge >= 0.3 is 5.97 Å². The van der Waals surface area contributed by atoms with E-state index in [1.54, 1.807) is 10.9 Å². The average molecular weight is 194 g/mol. The fraction of sp³-hybridized carbons (Fsp3) is 0.600.